The second-order valence-corrected chi connectivity index (χ2v) is 11.1. The molecular formula is C32H30Cl2F2N2Ni. The Bertz CT molecular complexity index is 1350. The summed E-state index contributed by atoms with van der Waals surface area (Å²) in [7, 11) is 9.40. The number of hydrogen-bond donors (Lipinski definition) is 0. The van der Waals surface area contributed by atoms with Crippen LogP contribution in [0.15, 0.2) is 82.8 Å². The Morgan fingerprint density at radius 2 is 0.795 bits per heavy atom. The van der Waals surface area contributed by atoms with Crippen LogP contribution in [0.3, 0.4) is 0 Å². The van der Waals surface area contributed by atoms with E-state index in [9.17, 15) is 8.78 Å². The van der Waals surface area contributed by atoms with Gasteiger partial charge in [0.1, 0.15) is 11.6 Å². The molecule has 7 heteroatoms. The van der Waals surface area contributed by atoms with Crippen LogP contribution in [0.1, 0.15) is 44.5 Å². The molecule has 0 aliphatic rings. The number of halogens is 4. The van der Waals surface area contributed by atoms with Crippen LogP contribution in [0.5, 0.6) is 0 Å². The first-order valence-electron chi connectivity index (χ1n) is 12.2. The van der Waals surface area contributed by atoms with Crippen LogP contribution >= 0.6 is 20.4 Å². The van der Waals surface area contributed by atoms with Gasteiger partial charge in [0.2, 0.25) is 0 Å². The van der Waals surface area contributed by atoms with E-state index in [0.29, 0.717) is 24.1 Å². The van der Waals surface area contributed by atoms with E-state index in [1.807, 2.05) is 27.7 Å². The van der Waals surface area contributed by atoms with Crippen LogP contribution in [-0.4, -0.2) is 11.4 Å². The molecule has 0 N–H and O–H groups in total. The van der Waals surface area contributed by atoms with Crippen LogP contribution in [0.4, 0.5) is 20.2 Å². The molecule has 4 aromatic rings. The molecule has 0 saturated carbocycles. The van der Waals surface area contributed by atoms with Crippen molar-refractivity contribution in [1.29, 1.82) is 0 Å². The summed E-state index contributed by atoms with van der Waals surface area (Å²) in [5.74, 6) is -0.655. The Morgan fingerprint density at radius 1 is 0.538 bits per heavy atom. The van der Waals surface area contributed by atoms with Gasteiger partial charge >= 0.3 is 33.0 Å². The van der Waals surface area contributed by atoms with Crippen molar-refractivity contribution in [3.05, 3.63) is 129 Å². The van der Waals surface area contributed by atoms with Gasteiger partial charge < -0.3 is 0 Å². The predicted octanol–water partition coefficient (Wildman–Crippen LogP) is 10.1. The first kappa shape index (κ1) is 30.7. The third-order valence-corrected chi connectivity index (χ3v) is 6.18. The van der Waals surface area contributed by atoms with Gasteiger partial charge in [0.05, 0.1) is 22.8 Å². The number of aliphatic imine (C=N–C) groups is 2. The van der Waals surface area contributed by atoms with Gasteiger partial charge in [-0.05, 0) is 112 Å². The molecule has 2 nitrogen and oxygen atoms in total. The maximum atomic E-state index is 13.9. The van der Waals surface area contributed by atoms with Crippen molar-refractivity contribution < 1.29 is 21.4 Å². The Balaban J connectivity index is 0.00000134. The van der Waals surface area contributed by atoms with E-state index in [0.717, 1.165) is 55.9 Å². The molecule has 0 unspecified atom stereocenters. The fourth-order valence-electron chi connectivity index (χ4n) is 4.65. The van der Waals surface area contributed by atoms with Crippen molar-refractivity contribution in [2.24, 2.45) is 9.98 Å². The molecule has 4 aromatic carbocycles. The average Bonchev–Trinajstić information content (AvgIpc) is 2.86. The molecule has 0 aromatic heterocycles. The van der Waals surface area contributed by atoms with Crippen molar-refractivity contribution in [2.45, 2.75) is 41.5 Å². The van der Waals surface area contributed by atoms with Crippen LogP contribution < -0.4 is 0 Å². The molecule has 0 aliphatic carbocycles. The van der Waals surface area contributed by atoms with Crippen molar-refractivity contribution in [3.8, 4) is 0 Å². The molecule has 0 amide bonds. The minimum atomic E-state index is -0.328. The summed E-state index contributed by atoms with van der Waals surface area (Å²) in [4.78, 5) is 10.3. The van der Waals surface area contributed by atoms with Crippen molar-refractivity contribution >= 4 is 43.2 Å². The molecule has 0 atom stereocenters. The molecule has 0 bridgehead atoms. The SMILES string of the molecule is Cc1cc(C)c(N=C(C(=Nc2c(C)cc(C)cc2C)c2ccc(F)cc2)c2ccc(F)cc2)c(C)c1.[Cl][Ni][Cl]. The first-order chi connectivity index (χ1) is 18.5. The standard InChI is InChI=1S/C32H30F2N2.2ClH.Ni/c1-19-15-21(3)29(22(4)16-19)35-31(25-7-11-27(33)12-8-25)32(26-9-13-28(34)14-10-26)36-30-23(5)17-20(2)18-24(30)6;;;/h7-18H,1-6H3;2*1H;/q;;;+2/p-2. The Hall–Kier alpha value is -2.85. The fourth-order valence-corrected chi connectivity index (χ4v) is 4.65. The van der Waals surface area contributed by atoms with Crippen molar-refractivity contribution in [2.75, 3.05) is 0 Å². The third kappa shape index (κ3) is 8.08. The molecular weight excluding hydrogens is 580 g/mol. The van der Waals surface area contributed by atoms with Gasteiger partial charge in [0.15, 0.2) is 0 Å². The summed E-state index contributed by atoms with van der Waals surface area (Å²) in [6, 6.07) is 20.9. The number of aryl methyl sites for hydroxylation is 6. The zero-order chi connectivity index (χ0) is 28.7. The van der Waals surface area contributed by atoms with Crippen LogP contribution in [-0.2, 0) is 12.7 Å². The molecule has 0 saturated heterocycles. The number of rotatable bonds is 5. The minimum absolute atomic E-state index is 0.328. The quantitative estimate of drug-likeness (QED) is 0.159. The average molecular weight is 610 g/mol. The zero-order valence-corrected chi connectivity index (χ0v) is 25.2. The van der Waals surface area contributed by atoms with E-state index in [2.05, 4.69) is 38.1 Å². The molecule has 0 radical (unpaired) electrons. The summed E-state index contributed by atoms with van der Waals surface area (Å²) < 4.78 is 27.8. The normalized spacial score (nSPS) is 11.8. The van der Waals surface area contributed by atoms with Gasteiger partial charge in [0, 0.05) is 11.1 Å². The summed E-state index contributed by atoms with van der Waals surface area (Å²) in [6.07, 6.45) is 0. The second-order valence-electron chi connectivity index (χ2n) is 9.47. The van der Waals surface area contributed by atoms with Gasteiger partial charge in [-0.2, -0.15) is 0 Å². The van der Waals surface area contributed by atoms with E-state index in [1.165, 1.54) is 24.3 Å². The Labute approximate surface area is 244 Å². The Kier molecular flexibility index (Phi) is 11.0. The van der Waals surface area contributed by atoms with E-state index >= 15 is 0 Å². The van der Waals surface area contributed by atoms with Crippen LogP contribution in [0.2, 0.25) is 0 Å². The van der Waals surface area contributed by atoms with Gasteiger partial charge in [-0.25, -0.2) is 18.8 Å². The van der Waals surface area contributed by atoms with Crippen LogP contribution in [0, 0.1) is 53.2 Å². The molecule has 0 fully saturated rings. The Morgan fingerprint density at radius 3 is 1.05 bits per heavy atom. The summed E-state index contributed by atoms with van der Waals surface area (Å²) in [6.45, 7) is 12.2. The fraction of sp³-hybridized carbons (Fsp3) is 0.188. The molecule has 0 heterocycles. The second kappa shape index (κ2) is 14.0. The van der Waals surface area contributed by atoms with Gasteiger partial charge in [-0.3, -0.25) is 0 Å². The monoisotopic (exact) mass is 608 g/mol. The van der Waals surface area contributed by atoms with Crippen LogP contribution in [0.25, 0.3) is 0 Å². The number of benzene rings is 4. The predicted molar refractivity (Wildman–Crippen MR) is 158 cm³/mol. The number of hydrogen-bond acceptors (Lipinski definition) is 2. The molecule has 206 valence electrons. The summed E-state index contributed by atoms with van der Waals surface area (Å²) >= 11 is 0.569. The van der Waals surface area contributed by atoms with Gasteiger partial charge in [0.25, 0.3) is 0 Å². The molecule has 0 spiro atoms. The van der Waals surface area contributed by atoms with E-state index in [-0.39, 0.29) is 11.6 Å². The summed E-state index contributed by atoms with van der Waals surface area (Å²) in [5.41, 5.74) is 10.8. The first-order valence-corrected chi connectivity index (χ1v) is 14.9. The third-order valence-electron chi connectivity index (χ3n) is 6.18. The molecule has 39 heavy (non-hydrogen) atoms. The molecule has 4 rings (SSSR count). The van der Waals surface area contributed by atoms with E-state index in [4.69, 9.17) is 30.4 Å². The van der Waals surface area contributed by atoms with Gasteiger partial charge in [-0.1, -0.05) is 35.4 Å². The summed E-state index contributed by atoms with van der Waals surface area (Å²) in [5, 5.41) is 0. The topological polar surface area (TPSA) is 24.7 Å². The zero-order valence-electron chi connectivity index (χ0n) is 22.7. The van der Waals surface area contributed by atoms with Crippen molar-refractivity contribution in [1.82, 2.24) is 0 Å². The van der Waals surface area contributed by atoms with E-state index in [1.54, 1.807) is 24.3 Å². The van der Waals surface area contributed by atoms with E-state index < -0.39 is 0 Å². The maximum absolute atomic E-state index is 13.9. The van der Waals surface area contributed by atoms with Crippen molar-refractivity contribution in [3.63, 3.8) is 0 Å². The van der Waals surface area contributed by atoms with Gasteiger partial charge in [-0.15, -0.1) is 0 Å². The molecule has 0 aliphatic heterocycles. The number of nitrogens with zero attached hydrogens (tertiary/aromatic N) is 2.